The third-order valence-corrected chi connectivity index (χ3v) is 5.99. The van der Waals surface area contributed by atoms with Crippen LogP contribution in [0, 0.1) is 31.5 Å². The molecule has 0 bridgehead atoms. The summed E-state index contributed by atoms with van der Waals surface area (Å²) in [6.07, 6.45) is 0.527. The van der Waals surface area contributed by atoms with Gasteiger partial charge in [0.2, 0.25) is 0 Å². The van der Waals surface area contributed by atoms with Gasteiger partial charge in [-0.1, -0.05) is 39.0 Å². The first-order valence-corrected chi connectivity index (χ1v) is 10.4. The van der Waals surface area contributed by atoms with E-state index in [0.717, 1.165) is 55.6 Å². The Morgan fingerprint density at radius 1 is 1.00 bits per heavy atom. The molecule has 1 aliphatic heterocycles. The van der Waals surface area contributed by atoms with E-state index in [4.69, 9.17) is 4.98 Å². The standard InChI is InChI=1S/C23H33FN4/c1-16(2)17(3)15-27-10-12-28(13-11-27)23-21(18(4)25-19(5)26-23)14-20-8-6-7-9-22(20)24/h6-9,16-17H,10-15H2,1-5H3. The monoisotopic (exact) mass is 384 g/mol. The summed E-state index contributed by atoms with van der Waals surface area (Å²) in [6.45, 7) is 16.0. The smallest absolute Gasteiger partial charge is 0.136 e. The van der Waals surface area contributed by atoms with Gasteiger partial charge in [-0.3, -0.25) is 4.90 Å². The van der Waals surface area contributed by atoms with Crippen molar-refractivity contribution in [2.45, 2.75) is 41.0 Å². The van der Waals surface area contributed by atoms with Crippen LogP contribution in [0.5, 0.6) is 0 Å². The minimum absolute atomic E-state index is 0.166. The van der Waals surface area contributed by atoms with E-state index < -0.39 is 0 Å². The van der Waals surface area contributed by atoms with Gasteiger partial charge < -0.3 is 4.90 Å². The molecule has 4 nitrogen and oxygen atoms in total. The minimum atomic E-state index is -0.166. The maximum absolute atomic E-state index is 14.2. The highest BCUT2D eigenvalue weighted by molar-refractivity contribution is 5.51. The van der Waals surface area contributed by atoms with E-state index in [1.165, 1.54) is 6.07 Å². The molecule has 0 radical (unpaired) electrons. The number of hydrogen-bond acceptors (Lipinski definition) is 4. The molecule has 1 saturated heterocycles. The van der Waals surface area contributed by atoms with Crippen LogP contribution in [-0.2, 0) is 6.42 Å². The molecule has 1 aliphatic rings. The van der Waals surface area contributed by atoms with Crippen LogP contribution in [0.15, 0.2) is 24.3 Å². The van der Waals surface area contributed by atoms with E-state index in [-0.39, 0.29) is 5.82 Å². The van der Waals surface area contributed by atoms with Crippen molar-refractivity contribution < 1.29 is 4.39 Å². The molecular weight excluding hydrogens is 351 g/mol. The van der Waals surface area contributed by atoms with Gasteiger partial charge in [0.05, 0.1) is 0 Å². The number of halogens is 1. The summed E-state index contributed by atoms with van der Waals surface area (Å²) in [5.41, 5.74) is 2.69. The Morgan fingerprint density at radius 2 is 1.68 bits per heavy atom. The Labute approximate surface area is 168 Å². The predicted octanol–water partition coefficient (Wildman–Crippen LogP) is 4.24. The molecule has 0 amide bonds. The summed E-state index contributed by atoms with van der Waals surface area (Å²) < 4.78 is 14.2. The first-order chi connectivity index (χ1) is 13.3. The van der Waals surface area contributed by atoms with E-state index >= 15 is 0 Å². The van der Waals surface area contributed by atoms with Gasteiger partial charge >= 0.3 is 0 Å². The van der Waals surface area contributed by atoms with Crippen LogP contribution >= 0.6 is 0 Å². The fourth-order valence-corrected chi connectivity index (χ4v) is 3.78. The number of piperazine rings is 1. The van der Waals surface area contributed by atoms with Crippen LogP contribution in [0.2, 0.25) is 0 Å². The van der Waals surface area contributed by atoms with Crippen molar-refractivity contribution in [1.29, 1.82) is 0 Å². The molecule has 2 aromatic rings. The zero-order valence-electron chi connectivity index (χ0n) is 17.9. The quantitative estimate of drug-likeness (QED) is 0.746. The predicted molar refractivity (Wildman–Crippen MR) is 113 cm³/mol. The van der Waals surface area contributed by atoms with E-state index in [1.807, 2.05) is 26.0 Å². The lowest BCUT2D eigenvalue weighted by molar-refractivity contribution is 0.201. The fraction of sp³-hybridized carbons (Fsp3) is 0.565. The Bertz CT molecular complexity index is 797. The molecule has 0 N–H and O–H groups in total. The van der Waals surface area contributed by atoms with Crippen molar-refractivity contribution in [2.75, 3.05) is 37.6 Å². The first-order valence-electron chi connectivity index (χ1n) is 10.4. The molecule has 0 aliphatic carbocycles. The number of rotatable bonds is 6. The second kappa shape index (κ2) is 8.99. The number of aromatic nitrogens is 2. The molecular formula is C23H33FN4. The summed E-state index contributed by atoms with van der Waals surface area (Å²) >= 11 is 0. The lowest BCUT2D eigenvalue weighted by Gasteiger charge is -2.38. The van der Waals surface area contributed by atoms with Gasteiger partial charge in [-0.05, 0) is 37.3 Å². The van der Waals surface area contributed by atoms with E-state index in [2.05, 4.69) is 35.6 Å². The Balaban J connectivity index is 1.78. The molecule has 2 heterocycles. The van der Waals surface area contributed by atoms with E-state index in [9.17, 15) is 4.39 Å². The summed E-state index contributed by atoms with van der Waals surface area (Å²) in [6, 6.07) is 6.99. The van der Waals surface area contributed by atoms with E-state index in [1.54, 1.807) is 6.07 Å². The maximum Gasteiger partial charge on any atom is 0.136 e. The molecule has 152 valence electrons. The van der Waals surface area contributed by atoms with Crippen LogP contribution in [0.4, 0.5) is 10.2 Å². The van der Waals surface area contributed by atoms with Gasteiger partial charge in [-0.2, -0.15) is 0 Å². The van der Waals surface area contributed by atoms with Crippen molar-refractivity contribution in [3.8, 4) is 0 Å². The van der Waals surface area contributed by atoms with Gasteiger partial charge in [-0.25, -0.2) is 14.4 Å². The Morgan fingerprint density at radius 3 is 2.32 bits per heavy atom. The van der Waals surface area contributed by atoms with Gasteiger partial charge in [0.15, 0.2) is 0 Å². The highest BCUT2D eigenvalue weighted by Crippen LogP contribution is 2.26. The summed E-state index contributed by atoms with van der Waals surface area (Å²) in [5.74, 6) is 3.00. The highest BCUT2D eigenvalue weighted by atomic mass is 19.1. The third-order valence-electron chi connectivity index (χ3n) is 5.99. The van der Waals surface area contributed by atoms with Crippen molar-refractivity contribution in [3.63, 3.8) is 0 Å². The molecule has 1 aromatic heterocycles. The van der Waals surface area contributed by atoms with Gasteiger partial charge in [0.1, 0.15) is 17.5 Å². The zero-order valence-corrected chi connectivity index (χ0v) is 17.9. The summed E-state index contributed by atoms with van der Waals surface area (Å²) in [7, 11) is 0. The van der Waals surface area contributed by atoms with Crippen LogP contribution in [0.25, 0.3) is 0 Å². The molecule has 1 fully saturated rings. The minimum Gasteiger partial charge on any atom is -0.354 e. The average Bonchev–Trinajstić information content (AvgIpc) is 2.65. The largest absolute Gasteiger partial charge is 0.354 e. The van der Waals surface area contributed by atoms with Crippen LogP contribution in [0.3, 0.4) is 0 Å². The molecule has 28 heavy (non-hydrogen) atoms. The second-order valence-electron chi connectivity index (χ2n) is 8.44. The SMILES string of the molecule is Cc1nc(C)c(Cc2ccccc2F)c(N2CCN(CC(C)C(C)C)CC2)n1. The number of benzene rings is 1. The summed E-state index contributed by atoms with van der Waals surface area (Å²) in [5, 5.41) is 0. The molecule has 1 unspecified atom stereocenters. The molecule has 1 aromatic carbocycles. The van der Waals surface area contributed by atoms with Crippen molar-refractivity contribution in [2.24, 2.45) is 11.8 Å². The normalized spacial score (nSPS) is 16.6. The van der Waals surface area contributed by atoms with Gasteiger partial charge in [-0.15, -0.1) is 0 Å². The van der Waals surface area contributed by atoms with E-state index in [0.29, 0.717) is 23.8 Å². The van der Waals surface area contributed by atoms with Crippen molar-refractivity contribution in [3.05, 3.63) is 52.7 Å². The zero-order chi connectivity index (χ0) is 20.3. The topological polar surface area (TPSA) is 32.3 Å². The van der Waals surface area contributed by atoms with Gasteiger partial charge in [0.25, 0.3) is 0 Å². The number of hydrogen-bond donors (Lipinski definition) is 0. The van der Waals surface area contributed by atoms with Crippen molar-refractivity contribution >= 4 is 5.82 Å². The maximum atomic E-state index is 14.2. The second-order valence-corrected chi connectivity index (χ2v) is 8.44. The molecule has 1 atom stereocenters. The number of aryl methyl sites for hydroxylation is 2. The molecule has 0 spiro atoms. The number of nitrogens with zero attached hydrogens (tertiary/aromatic N) is 4. The lowest BCUT2D eigenvalue weighted by atomic mass is 9.97. The third kappa shape index (κ3) is 4.88. The number of anilines is 1. The highest BCUT2D eigenvalue weighted by Gasteiger charge is 2.24. The Kier molecular flexibility index (Phi) is 6.65. The van der Waals surface area contributed by atoms with Crippen LogP contribution in [0.1, 0.15) is 43.4 Å². The Hall–Kier alpha value is -2.01. The van der Waals surface area contributed by atoms with Crippen molar-refractivity contribution in [1.82, 2.24) is 14.9 Å². The lowest BCUT2D eigenvalue weighted by Crippen LogP contribution is -2.48. The molecule has 3 rings (SSSR count). The van der Waals surface area contributed by atoms with Crippen LogP contribution < -0.4 is 4.90 Å². The average molecular weight is 385 g/mol. The first kappa shape index (κ1) is 20.7. The summed E-state index contributed by atoms with van der Waals surface area (Å²) in [4.78, 5) is 14.2. The van der Waals surface area contributed by atoms with Crippen LogP contribution in [-0.4, -0.2) is 47.6 Å². The molecule has 0 saturated carbocycles. The fourth-order valence-electron chi connectivity index (χ4n) is 3.78. The molecule has 5 heteroatoms. The van der Waals surface area contributed by atoms with Gasteiger partial charge in [0, 0.05) is 50.4 Å².